The summed E-state index contributed by atoms with van der Waals surface area (Å²) in [6.45, 7) is 10.2. The van der Waals surface area contributed by atoms with Gasteiger partial charge in [-0.1, -0.05) is 12.1 Å². The van der Waals surface area contributed by atoms with Crippen molar-refractivity contribution in [3.63, 3.8) is 0 Å². The molecule has 7 heteroatoms. The van der Waals surface area contributed by atoms with Crippen LogP contribution >= 0.6 is 0 Å². The topological polar surface area (TPSA) is 84.9 Å². The second-order valence-corrected chi connectivity index (χ2v) is 7.38. The standard InChI is InChI=1S/C18H28N4O3/c1-13(16(24)19-17(25)20-18(2,3)4)21-9-11-22(12-10-21)14-7-5-6-8-15(14)23/h5-8,13,23H,9-12H2,1-4H3,(H2,19,20,24,25)/t13-/m0/s1. The maximum Gasteiger partial charge on any atom is 0.321 e. The Bertz CT molecular complexity index is 619. The lowest BCUT2D eigenvalue weighted by Gasteiger charge is -2.38. The van der Waals surface area contributed by atoms with Crippen LogP contribution in [0, 0.1) is 0 Å². The molecule has 3 N–H and O–H groups in total. The van der Waals surface area contributed by atoms with Crippen molar-refractivity contribution < 1.29 is 14.7 Å². The number of phenolic OH excluding ortho intramolecular Hbond substituents is 1. The van der Waals surface area contributed by atoms with Gasteiger partial charge < -0.3 is 15.3 Å². The van der Waals surface area contributed by atoms with Gasteiger partial charge in [0, 0.05) is 31.7 Å². The Labute approximate surface area is 149 Å². The summed E-state index contributed by atoms with van der Waals surface area (Å²) in [6.07, 6.45) is 0. The lowest BCUT2D eigenvalue weighted by molar-refractivity contribution is -0.124. The predicted octanol–water partition coefficient (Wildman–Crippen LogP) is 1.53. The number of para-hydroxylation sites is 2. The number of anilines is 1. The number of nitrogens with zero attached hydrogens (tertiary/aromatic N) is 2. The molecule has 0 bridgehead atoms. The molecule has 25 heavy (non-hydrogen) atoms. The molecule has 1 heterocycles. The van der Waals surface area contributed by atoms with E-state index in [-0.39, 0.29) is 11.7 Å². The number of piperazine rings is 1. The number of nitrogens with one attached hydrogen (secondary N) is 2. The van der Waals surface area contributed by atoms with Crippen molar-refractivity contribution >= 4 is 17.6 Å². The highest BCUT2D eigenvalue weighted by Gasteiger charge is 2.27. The normalized spacial score (nSPS) is 17.0. The van der Waals surface area contributed by atoms with Crippen molar-refractivity contribution in [1.29, 1.82) is 0 Å². The van der Waals surface area contributed by atoms with Crippen LogP contribution < -0.4 is 15.5 Å². The molecular formula is C18H28N4O3. The molecule has 0 unspecified atom stereocenters. The molecule has 7 nitrogen and oxygen atoms in total. The molecule has 0 aromatic heterocycles. The Morgan fingerprint density at radius 1 is 1.12 bits per heavy atom. The molecule has 138 valence electrons. The van der Waals surface area contributed by atoms with Crippen LogP contribution in [0.5, 0.6) is 5.75 Å². The molecule has 1 fully saturated rings. The first-order valence-electron chi connectivity index (χ1n) is 8.57. The summed E-state index contributed by atoms with van der Waals surface area (Å²) in [5, 5.41) is 15.1. The van der Waals surface area contributed by atoms with Gasteiger partial charge in [-0.15, -0.1) is 0 Å². The Morgan fingerprint density at radius 3 is 2.28 bits per heavy atom. The third-order valence-corrected chi connectivity index (χ3v) is 4.19. The maximum absolute atomic E-state index is 12.3. The number of carbonyl (C=O) groups is 2. The summed E-state index contributed by atoms with van der Waals surface area (Å²) in [7, 11) is 0. The number of hydrogen-bond acceptors (Lipinski definition) is 5. The number of hydrogen-bond donors (Lipinski definition) is 3. The third-order valence-electron chi connectivity index (χ3n) is 4.19. The molecule has 1 saturated heterocycles. The number of carbonyl (C=O) groups excluding carboxylic acids is 2. The van der Waals surface area contributed by atoms with Crippen LogP contribution in [-0.4, -0.2) is 59.7 Å². The summed E-state index contributed by atoms with van der Waals surface area (Å²) in [5.41, 5.74) is 0.417. The molecule has 1 aromatic carbocycles. The van der Waals surface area contributed by atoms with E-state index >= 15 is 0 Å². The van der Waals surface area contributed by atoms with E-state index in [1.165, 1.54) is 0 Å². The SMILES string of the molecule is C[C@@H](C(=O)NC(=O)NC(C)(C)C)N1CCN(c2ccccc2O)CC1. The van der Waals surface area contributed by atoms with Crippen LogP contribution in [0.4, 0.5) is 10.5 Å². The number of imide groups is 1. The zero-order valence-corrected chi connectivity index (χ0v) is 15.4. The summed E-state index contributed by atoms with van der Waals surface area (Å²) in [4.78, 5) is 28.2. The van der Waals surface area contributed by atoms with Gasteiger partial charge in [0.15, 0.2) is 0 Å². The molecule has 2 rings (SSSR count). The quantitative estimate of drug-likeness (QED) is 0.771. The van der Waals surface area contributed by atoms with Gasteiger partial charge in [0.05, 0.1) is 11.7 Å². The van der Waals surface area contributed by atoms with Gasteiger partial charge in [-0.25, -0.2) is 4.79 Å². The Morgan fingerprint density at radius 2 is 1.72 bits per heavy atom. The molecule has 3 amide bonds. The zero-order valence-electron chi connectivity index (χ0n) is 15.4. The fraction of sp³-hybridized carbons (Fsp3) is 0.556. The first-order valence-corrected chi connectivity index (χ1v) is 8.57. The fourth-order valence-corrected chi connectivity index (χ4v) is 2.84. The Kier molecular flexibility index (Phi) is 5.89. The van der Waals surface area contributed by atoms with E-state index in [0.717, 1.165) is 5.69 Å². The molecule has 0 spiro atoms. The van der Waals surface area contributed by atoms with Crippen LogP contribution in [0.3, 0.4) is 0 Å². The second-order valence-electron chi connectivity index (χ2n) is 7.38. The molecule has 0 aliphatic carbocycles. The average molecular weight is 348 g/mol. The van der Waals surface area contributed by atoms with E-state index in [1.807, 2.05) is 37.8 Å². The van der Waals surface area contributed by atoms with Crippen molar-refractivity contribution in [2.45, 2.75) is 39.3 Å². The number of amides is 3. The number of aromatic hydroxyl groups is 1. The van der Waals surface area contributed by atoms with Gasteiger partial charge in [-0.3, -0.25) is 15.0 Å². The van der Waals surface area contributed by atoms with E-state index in [1.54, 1.807) is 19.1 Å². The van der Waals surface area contributed by atoms with E-state index in [9.17, 15) is 14.7 Å². The summed E-state index contributed by atoms with van der Waals surface area (Å²) < 4.78 is 0. The summed E-state index contributed by atoms with van der Waals surface area (Å²) in [5.74, 6) is -0.0432. The van der Waals surface area contributed by atoms with E-state index < -0.39 is 17.6 Å². The molecule has 1 aliphatic heterocycles. The van der Waals surface area contributed by atoms with Gasteiger partial charge in [0.25, 0.3) is 0 Å². The monoisotopic (exact) mass is 348 g/mol. The lowest BCUT2D eigenvalue weighted by Crippen LogP contribution is -2.56. The largest absolute Gasteiger partial charge is 0.506 e. The van der Waals surface area contributed by atoms with Gasteiger partial charge in [0.2, 0.25) is 5.91 Å². The highest BCUT2D eigenvalue weighted by Crippen LogP contribution is 2.27. The maximum atomic E-state index is 12.3. The van der Waals surface area contributed by atoms with Gasteiger partial charge in [0.1, 0.15) is 5.75 Å². The average Bonchev–Trinajstić information content (AvgIpc) is 2.53. The predicted molar refractivity (Wildman–Crippen MR) is 97.8 cm³/mol. The first-order chi connectivity index (χ1) is 11.7. The van der Waals surface area contributed by atoms with Crippen LogP contribution in [0.2, 0.25) is 0 Å². The number of benzene rings is 1. The van der Waals surface area contributed by atoms with Crippen LogP contribution in [0.1, 0.15) is 27.7 Å². The van der Waals surface area contributed by atoms with E-state index in [0.29, 0.717) is 26.2 Å². The van der Waals surface area contributed by atoms with Crippen molar-refractivity contribution in [2.75, 3.05) is 31.1 Å². The molecule has 1 atom stereocenters. The van der Waals surface area contributed by atoms with Crippen molar-refractivity contribution in [1.82, 2.24) is 15.5 Å². The highest BCUT2D eigenvalue weighted by molar-refractivity contribution is 5.97. The molecule has 1 aromatic rings. The number of phenols is 1. The summed E-state index contributed by atoms with van der Waals surface area (Å²) >= 11 is 0. The fourth-order valence-electron chi connectivity index (χ4n) is 2.84. The van der Waals surface area contributed by atoms with Crippen molar-refractivity contribution in [3.8, 4) is 5.75 Å². The smallest absolute Gasteiger partial charge is 0.321 e. The van der Waals surface area contributed by atoms with Gasteiger partial charge in [-0.2, -0.15) is 0 Å². The number of rotatable bonds is 3. The molecule has 0 radical (unpaired) electrons. The second kappa shape index (κ2) is 7.74. The van der Waals surface area contributed by atoms with Crippen molar-refractivity contribution in [3.05, 3.63) is 24.3 Å². The van der Waals surface area contributed by atoms with Crippen molar-refractivity contribution in [2.24, 2.45) is 0 Å². The van der Waals surface area contributed by atoms with E-state index in [2.05, 4.69) is 15.5 Å². The molecule has 1 aliphatic rings. The minimum absolute atomic E-state index is 0.264. The molecular weight excluding hydrogens is 320 g/mol. The Balaban J connectivity index is 1.86. The third kappa shape index (κ3) is 5.35. The molecule has 0 saturated carbocycles. The van der Waals surface area contributed by atoms with Gasteiger partial charge >= 0.3 is 6.03 Å². The van der Waals surface area contributed by atoms with Crippen LogP contribution in [0.15, 0.2) is 24.3 Å². The highest BCUT2D eigenvalue weighted by atomic mass is 16.3. The van der Waals surface area contributed by atoms with Gasteiger partial charge in [-0.05, 0) is 39.8 Å². The number of urea groups is 1. The minimum atomic E-state index is -0.475. The zero-order chi connectivity index (χ0) is 18.6. The first kappa shape index (κ1) is 19.1. The summed E-state index contributed by atoms with van der Waals surface area (Å²) in [6, 6.07) is 6.38. The minimum Gasteiger partial charge on any atom is -0.506 e. The van der Waals surface area contributed by atoms with E-state index in [4.69, 9.17) is 0 Å². The van der Waals surface area contributed by atoms with Crippen LogP contribution in [0.25, 0.3) is 0 Å². The Hall–Kier alpha value is -2.28. The van der Waals surface area contributed by atoms with Crippen LogP contribution in [-0.2, 0) is 4.79 Å². The lowest BCUT2D eigenvalue weighted by atomic mass is 10.1.